The van der Waals surface area contributed by atoms with Crippen molar-refractivity contribution in [3.05, 3.63) is 0 Å². The Morgan fingerprint density at radius 1 is 0.692 bits per heavy atom. The minimum absolute atomic E-state index is 0.0623. The SMILES string of the molecule is CCCCCCCCCCCCCCNC(=O)C(CCC)N(CC)CC. The van der Waals surface area contributed by atoms with Crippen LogP contribution in [0.15, 0.2) is 0 Å². The van der Waals surface area contributed by atoms with Crippen LogP contribution in [0.25, 0.3) is 0 Å². The largest absolute Gasteiger partial charge is 0.355 e. The van der Waals surface area contributed by atoms with Gasteiger partial charge in [-0.3, -0.25) is 9.69 Å². The molecule has 0 aromatic heterocycles. The summed E-state index contributed by atoms with van der Waals surface area (Å²) in [6, 6.07) is 0.0623. The van der Waals surface area contributed by atoms with Crippen LogP contribution in [0, 0.1) is 0 Å². The first-order valence-electron chi connectivity index (χ1n) is 11.7. The van der Waals surface area contributed by atoms with Gasteiger partial charge < -0.3 is 5.32 Å². The molecule has 0 rings (SSSR count). The molecule has 0 aliphatic carbocycles. The summed E-state index contributed by atoms with van der Waals surface area (Å²) in [6.45, 7) is 11.5. The lowest BCUT2D eigenvalue weighted by atomic mass is 10.1. The van der Waals surface area contributed by atoms with Gasteiger partial charge in [0.15, 0.2) is 0 Å². The summed E-state index contributed by atoms with van der Waals surface area (Å²) in [5.74, 6) is 0.235. The second kappa shape index (κ2) is 19.2. The number of carbonyl (C=O) groups excluding carboxylic acids is 1. The maximum absolute atomic E-state index is 12.4. The number of carbonyl (C=O) groups is 1. The highest BCUT2D eigenvalue weighted by Gasteiger charge is 2.22. The lowest BCUT2D eigenvalue weighted by Gasteiger charge is -2.28. The van der Waals surface area contributed by atoms with Crippen LogP contribution in [0.3, 0.4) is 0 Å². The molecule has 0 bridgehead atoms. The average Bonchev–Trinajstić information content (AvgIpc) is 2.65. The fraction of sp³-hybridized carbons (Fsp3) is 0.957. The molecule has 1 unspecified atom stereocenters. The van der Waals surface area contributed by atoms with E-state index >= 15 is 0 Å². The number of hydrogen-bond donors (Lipinski definition) is 1. The number of amides is 1. The summed E-state index contributed by atoms with van der Waals surface area (Å²) < 4.78 is 0. The Kier molecular flexibility index (Phi) is 18.8. The molecule has 3 heteroatoms. The minimum Gasteiger partial charge on any atom is -0.355 e. The molecule has 3 nitrogen and oxygen atoms in total. The van der Waals surface area contributed by atoms with Gasteiger partial charge in [0.05, 0.1) is 6.04 Å². The van der Waals surface area contributed by atoms with Crippen molar-refractivity contribution in [2.45, 2.75) is 124 Å². The summed E-state index contributed by atoms with van der Waals surface area (Å²) in [5.41, 5.74) is 0. The number of hydrogen-bond acceptors (Lipinski definition) is 2. The molecule has 1 amide bonds. The molecule has 0 spiro atoms. The average molecular weight is 369 g/mol. The maximum Gasteiger partial charge on any atom is 0.237 e. The molecule has 0 fully saturated rings. The molecule has 156 valence electrons. The molecule has 0 saturated carbocycles. The van der Waals surface area contributed by atoms with E-state index in [1.54, 1.807) is 0 Å². The third-order valence-corrected chi connectivity index (χ3v) is 5.45. The number of likely N-dealkylation sites (N-methyl/N-ethyl adjacent to an activating group) is 1. The standard InChI is InChI=1S/C23H48N2O/c1-5-9-10-11-12-13-14-15-16-17-18-19-21-24-23(26)22(20-6-2)25(7-3)8-4/h22H,5-21H2,1-4H3,(H,24,26). The zero-order valence-corrected chi connectivity index (χ0v) is 18.5. The maximum atomic E-state index is 12.4. The smallest absolute Gasteiger partial charge is 0.237 e. The van der Waals surface area contributed by atoms with Gasteiger partial charge in [-0.1, -0.05) is 105 Å². The van der Waals surface area contributed by atoms with E-state index in [2.05, 4.69) is 37.9 Å². The number of unbranched alkanes of at least 4 members (excludes halogenated alkanes) is 11. The van der Waals surface area contributed by atoms with Crippen molar-refractivity contribution in [1.29, 1.82) is 0 Å². The molecule has 0 aromatic carbocycles. The summed E-state index contributed by atoms with van der Waals surface area (Å²) in [6.07, 6.45) is 18.3. The van der Waals surface area contributed by atoms with Crippen LogP contribution < -0.4 is 5.32 Å². The lowest BCUT2D eigenvalue weighted by Crippen LogP contribution is -2.47. The highest BCUT2D eigenvalue weighted by molar-refractivity contribution is 5.81. The van der Waals surface area contributed by atoms with Crippen LogP contribution in [-0.4, -0.2) is 36.5 Å². The molecule has 0 aliphatic rings. The van der Waals surface area contributed by atoms with Crippen molar-refractivity contribution in [2.24, 2.45) is 0 Å². The van der Waals surface area contributed by atoms with Gasteiger partial charge in [0.25, 0.3) is 0 Å². The van der Waals surface area contributed by atoms with Gasteiger partial charge in [0, 0.05) is 6.54 Å². The van der Waals surface area contributed by atoms with Crippen LogP contribution in [0.5, 0.6) is 0 Å². The summed E-state index contributed by atoms with van der Waals surface area (Å²) in [7, 11) is 0. The topological polar surface area (TPSA) is 32.3 Å². The van der Waals surface area contributed by atoms with Gasteiger partial charge >= 0.3 is 0 Å². The molecule has 0 saturated heterocycles. The molecular weight excluding hydrogens is 320 g/mol. The first-order chi connectivity index (χ1) is 12.7. The number of nitrogens with zero attached hydrogens (tertiary/aromatic N) is 1. The van der Waals surface area contributed by atoms with E-state index in [1.807, 2.05) is 0 Å². The van der Waals surface area contributed by atoms with Crippen molar-refractivity contribution < 1.29 is 4.79 Å². The predicted octanol–water partition coefficient (Wildman–Crippen LogP) is 6.31. The van der Waals surface area contributed by atoms with E-state index in [0.717, 1.165) is 38.9 Å². The van der Waals surface area contributed by atoms with Gasteiger partial charge in [0.1, 0.15) is 0 Å². The van der Waals surface area contributed by atoms with E-state index < -0.39 is 0 Å². The third-order valence-electron chi connectivity index (χ3n) is 5.45. The molecule has 0 aromatic rings. The zero-order valence-electron chi connectivity index (χ0n) is 18.5. The van der Waals surface area contributed by atoms with Crippen molar-refractivity contribution in [3.8, 4) is 0 Å². The lowest BCUT2D eigenvalue weighted by molar-refractivity contribution is -0.126. The van der Waals surface area contributed by atoms with Crippen LogP contribution in [-0.2, 0) is 4.79 Å². The summed E-state index contributed by atoms with van der Waals surface area (Å²) in [4.78, 5) is 14.7. The normalized spacial score (nSPS) is 12.5. The van der Waals surface area contributed by atoms with Crippen LogP contribution in [0.2, 0.25) is 0 Å². The Hall–Kier alpha value is -0.570. The molecular formula is C23H48N2O. The molecule has 0 radical (unpaired) electrons. The molecule has 1 atom stereocenters. The summed E-state index contributed by atoms with van der Waals surface area (Å²) >= 11 is 0. The van der Waals surface area contributed by atoms with E-state index in [-0.39, 0.29) is 11.9 Å². The fourth-order valence-corrected chi connectivity index (χ4v) is 3.71. The Labute approximate surface area is 164 Å². The van der Waals surface area contributed by atoms with Crippen molar-refractivity contribution in [3.63, 3.8) is 0 Å². The van der Waals surface area contributed by atoms with Crippen molar-refractivity contribution in [2.75, 3.05) is 19.6 Å². The first-order valence-corrected chi connectivity index (χ1v) is 11.7. The number of rotatable bonds is 19. The highest BCUT2D eigenvalue weighted by Crippen LogP contribution is 2.12. The predicted molar refractivity (Wildman–Crippen MR) is 116 cm³/mol. The Balaban J connectivity index is 3.56. The third kappa shape index (κ3) is 13.6. The minimum atomic E-state index is 0.0623. The van der Waals surface area contributed by atoms with E-state index in [9.17, 15) is 4.79 Å². The quantitative estimate of drug-likeness (QED) is 0.271. The monoisotopic (exact) mass is 368 g/mol. The van der Waals surface area contributed by atoms with E-state index in [0.29, 0.717) is 0 Å². The van der Waals surface area contributed by atoms with Gasteiger partial charge in [0.2, 0.25) is 5.91 Å². The highest BCUT2D eigenvalue weighted by atomic mass is 16.2. The molecule has 0 heterocycles. The van der Waals surface area contributed by atoms with Crippen LogP contribution in [0.4, 0.5) is 0 Å². The van der Waals surface area contributed by atoms with Crippen molar-refractivity contribution >= 4 is 5.91 Å². The summed E-state index contributed by atoms with van der Waals surface area (Å²) in [5, 5.41) is 3.17. The Morgan fingerprint density at radius 2 is 1.15 bits per heavy atom. The zero-order chi connectivity index (χ0) is 19.5. The van der Waals surface area contributed by atoms with Gasteiger partial charge in [-0.2, -0.15) is 0 Å². The first kappa shape index (κ1) is 25.4. The van der Waals surface area contributed by atoms with E-state index in [1.165, 1.54) is 70.6 Å². The van der Waals surface area contributed by atoms with Gasteiger partial charge in [-0.15, -0.1) is 0 Å². The molecule has 1 N–H and O–H groups in total. The fourth-order valence-electron chi connectivity index (χ4n) is 3.71. The van der Waals surface area contributed by atoms with Crippen molar-refractivity contribution in [1.82, 2.24) is 10.2 Å². The Morgan fingerprint density at radius 3 is 1.58 bits per heavy atom. The van der Waals surface area contributed by atoms with Crippen LogP contribution >= 0.6 is 0 Å². The molecule has 26 heavy (non-hydrogen) atoms. The molecule has 0 aliphatic heterocycles. The second-order valence-corrected chi connectivity index (χ2v) is 7.71. The van der Waals surface area contributed by atoms with Gasteiger partial charge in [-0.05, 0) is 25.9 Å². The van der Waals surface area contributed by atoms with E-state index in [4.69, 9.17) is 0 Å². The number of nitrogens with one attached hydrogen (secondary N) is 1. The van der Waals surface area contributed by atoms with Crippen LogP contribution in [0.1, 0.15) is 118 Å². The second-order valence-electron chi connectivity index (χ2n) is 7.71. The Bertz CT molecular complexity index is 303. The van der Waals surface area contributed by atoms with Gasteiger partial charge in [-0.25, -0.2) is 0 Å².